The Kier molecular flexibility index (Phi) is 3.99. The molecule has 4 nitrogen and oxygen atoms in total. The van der Waals surface area contributed by atoms with Crippen LogP contribution in [0.25, 0.3) is 10.9 Å². The Morgan fingerprint density at radius 1 is 1.39 bits per heavy atom. The summed E-state index contributed by atoms with van der Waals surface area (Å²) >= 11 is 0. The van der Waals surface area contributed by atoms with Crippen LogP contribution in [0.5, 0.6) is 0 Å². The number of pyridine rings is 1. The van der Waals surface area contributed by atoms with Crippen LogP contribution in [0, 0.1) is 0 Å². The fourth-order valence-corrected chi connectivity index (χ4v) is 1.93. The average Bonchev–Trinajstić information content (AvgIpc) is 2.39. The van der Waals surface area contributed by atoms with Gasteiger partial charge in [0, 0.05) is 24.7 Å². The molecule has 0 bridgehead atoms. The summed E-state index contributed by atoms with van der Waals surface area (Å²) in [5.41, 5.74) is 8.72. The van der Waals surface area contributed by atoms with Crippen molar-refractivity contribution in [3.05, 3.63) is 30.5 Å². The van der Waals surface area contributed by atoms with Gasteiger partial charge < -0.3 is 15.8 Å². The number of nitrogens with zero attached hydrogens (tertiary/aromatic N) is 1. The van der Waals surface area contributed by atoms with Crippen LogP contribution >= 0.6 is 0 Å². The van der Waals surface area contributed by atoms with E-state index in [1.807, 2.05) is 38.1 Å². The van der Waals surface area contributed by atoms with Crippen molar-refractivity contribution in [1.82, 2.24) is 4.98 Å². The second-order valence-electron chi connectivity index (χ2n) is 4.24. The first-order valence-corrected chi connectivity index (χ1v) is 6.21. The second-order valence-corrected chi connectivity index (χ2v) is 4.24. The molecule has 1 unspecified atom stereocenters. The van der Waals surface area contributed by atoms with E-state index in [1.165, 1.54) is 0 Å². The van der Waals surface area contributed by atoms with Gasteiger partial charge in [0.1, 0.15) is 0 Å². The van der Waals surface area contributed by atoms with Crippen molar-refractivity contribution >= 4 is 22.3 Å². The second kappa shape index (κ2) is 5.69. The predicted octanol–water partition coefficient (Wildman–Crippen LogP) is 2.65. The number of benzene rings is 1. The van der Waals surface area contributed by atoms with Crippen LogP contribution in [0.15, 0.2) is 30.5 Å². The highest BCUT2D eigenvalue weighted by Gasteiger charge is 2.06. The van der Waals surface area contributed by atoms with Gasteiger partial charge in [0.25, 0.3) is 0 Å². The fourth-order valence-electron chi connectivity index (χ4n) is 1.93. The molecule has 96 valence electrons. The van der Waals surface area contributed by atoms with Crippen molar-refractivity contribution in [2.75, 3.05) is 24.2 Å². The number of nitrogens with two attached hydrogens (primary N) is 1. The summed E-state index contributed by atoms with van der Waals surface area (Å²) in [5.74, 6) is 0. The number of ether oxygens (including phenoxy) is 1. The van der Waals surface area contributed by atoms with Crippen LogP contribution in [-0.2, 0) is 4.74 Å². The number of hydrogen-bond acceptors (Lipinski definition) is 4. The minimum Gasteiger partial charge on any atom is -0.397 e. The summed E-state index contributed by atoms with van der Waals surface area (Å²) in [4.78, 5) is 4.28. The van der Waals surface area contributed by atoms with E-state index in [1.54, 1.807) is 6.20 Å². The van der Waals surface area contributed by atoms with Crippen molar-refractivity contribution in [1.29, 1.82) is 0 Å². The Bertz CT molecular complexity index is 527. The maximum atomic E-state index is 6.14. The molecule has 0 saturated heterocycles. The van der Waals surface area contributed by atoms with Crippen LogP contribution in [0.4, 0.5) is 11.4 Å². The van der Waals surface area contributed by atoms with Gasteiger partial charge in [-0.1, -0.05) is 0 Å². The Morgan fingerprint density at radius 3 is 3.00 bits per heavy atom. The Balaban J connectivity index is 2.16. The predicted molar refractivity (Wildman–Crippen MR) is 75.7 cm³/mol. The Morgan fingerprint density at radius 2 is 2.22 bits per heavy atom. The fraction of sp³-hybridized carbons (Fsp3) is 0.357. The van der Waals surface area contributed by atoms with Crippen LogP contribution in [0.2, 0.25) is 0 Å². The zero-order valence-corrected chi connectivity index (χ0v) is 10.8. The van der Waals surface area contributed by atoms with E-state index in [9.17, 15) is 0 Å². The van der Waals surface area contributed by atoms with Gasteiger partial charge in [0.15, 0.2) is 0 Å². The Hall–Kier alpha value is -1.81. The maximum absolute atomic E-state index is 6.14. The van der Waals surface area contributed by atoms with Crippen LogP contribution in [-0.4, -0.2) is 24.2 Å². The third kappa shape index (κ3) is 2.71. The van der Waals surface area contributed by atoms with E-state index in [0.29, 0.717) is 0 Å². The number of rotatable bonds is 5. The first-order chi connectivity index (χ1) is 8.72. The zero-order chi connectivity index (χ0) is 13.0. The molecule has 0 aliphatic heterocycles. The summed E-state index contributed by atoms with van der Waals surface area (Å²) in [6.07, 6.45) is 1.94. The van der Waals surface area contributed by atoms with Gasteiger partial charge >= 0.3 is 0 Å². The number of nitrogen functional groups attached to an aromatic ring is 1. The van der Waals surface area contributed by atoms with Crippen molar-refractivity contribution < 1.29 is 4.74 Å². The van der Waals surface area contributed by atoms with Crippen molar-refractivity contribution in [2.24, 2.45) is 0 Å². The molecule has 0 radical (unpaired) electrons. The normalized spacial score (nSPS) is 12.6. The third-order valence-corrected chi connectivity index (χ3v) is 2.86. The molecule has 0 spiro atoms. The number of nitrogens with one attached hydrogen (secondary N) is 1. The molecule has 0 amide bonds. The minimum absolute atomic E-state index is 0.166. The number of aromatic nitrogens is 1. The zero-order valence-electron chi connectivity index (χ0n) is 10.8. The van der Waals surface area contributed by atoms with E-state index in [0.717, 1.165) is 35.4 Å². The standard InChI is InChI=1S/C14H19N3O/c1-3-18-10(2)9-17-13-7-6-12-11(14(13)15)5-4-8-16-12/h4-8,10,17H,3,9,15H2,1-2H3. The first kappa shape index (κ1) is 12.6. The lowest BCUT2D eigenvalue weighted by atomic mass is 10.1. The molecule has 1 aromatic carbocycles. The highest BCUT2D eigenvalue weighted by molar-refractivity contribution is 5.96. The van der Waals surface area contributed by atoms with Crippen LogP contribution in [0.3, 0.4) is 0 Å². The molecule has 1 atom stereocenters. The molecule has 0 fully saturated rings. The molecular weight excluding hydrogens is 226 g/mol. The third-order valence-electron chi connectivity index (χ3n) is 2.86. The van der Waals surface area contributed by atoms with Gasteiger partial charge in [-0.05, 0) is 38.1 Å². The van der Waals surface area contributed by atoms with E-state index in [4.69, 9.17) is 10.5 Å². The smallest absolute Gasteiger partial charge is 0.0724 e. The highest BCUT2D eigenvalue weighted by atomic mass is 16.5. The molecule has 0 aliphatic rings. The largest absolute Gasteiger partial charge is 0.397 e. The molecule has 1 aromatic heterocycles. The summed E-state index contributed by atoms with van der Waals surface area (Å²) < 4.78 is 5.48. The monoisotopic (exact) mass is 245 g/mol. The van der Waals surface area contributed by atoms with Gasteiger partial charge in [-0.3, -0.25) is 4.98 Å². The number of hydrogen-bond donors (Lipinski definition) is 2. The Labute approximate surface area is 107 Å². The number of anilines is 2. The molecule has 4 heteroatoms. The van der Waals surface area contributed by atoms with Gasteiger partial charge in [0.05, 0.1) is 23.0 Å². The molecular formula is C14H19N3O. The minimum atomic E-state index is 0.166. The quantitative estimate of drug-likeness (QED) is 0.795. The molecule has 2 aromatic rings. The van der Waals surface area contributed by atoms with Crippen molar-refractivity contribution in [3.8, 4) is 0 Å². The van der Waals surface area contributed by atoms with Gasteiger partial charge in [-0.15, -0.1) is 0 Å². The lowest BCUT2D eigenvalue weighted by molar-refractivity contribution is 0.0855. The summed E-state index contributed by atoms with van der Waals surface area (Å²) in [7, 11) is 0. The molecule has 18 heavy (non-hydrogen) atoms. The van der Waals surface area contributed by atoms with E-state index < -0.39 is 0 Å². The van der Waals surface area contributed by atoms with E-state index in [2.05, 4.69) is 10.3 Å². The van der Waals surface area contributed by atoms with Gasteiger partial charge in [-0.25, -0.2) is 0 Å². The molecule has 2 rings (SSSR count). The maximum Gasteiger partial charge on any atom is 0.0724 e. The van der Waals surface area contributed by atoms with E-state index in [-0.39, 0.29) is 6.10 Å². The molecule has 3 N–H and O–H groups in total. The highest BCUT2D eigenvalue weighted by Crippen LogP contribution is 2.27. The summed E-state index contributed by atoms with van der Waals surface area (Å²) in [6.45, 7) is 5.49. The summed E-state index contributed by atoms with van der Waals surface area (Å²) in [6, 6.07) is 7.81. The topological polar surface area (TPSA) is 60.2 Å². The molecule has 0 aliphatic carbocycles. The van der Waals surface area contributed by atoms with Crippen LogP contribution < -0.4 is 11.1 Å². The van der Waals surface area contributed by atoms with Crippen LogP contribution in [0.1, 0.15) is 13.8 Å². The lowest BCUT2D eigenvalue weighted by Crippen LogP contribution is -2.20. The summed E-state index contributed by atoms with van der Waals surface area (Å²) in [5, 5.41) is 4.29. The van der Waals surface area contributed by atoms with Crippen molar-refractivity contribution in [3.63, 3.8) is 0 Å². The average molecular weight is 245 g/mol. The van der Waals surface area contributed by atoms with E-state index >= 15 is 0 Å². The van der Waals surface area contributed by atoms with Crippen molar-refractivity contribution in [2.45, 2.75) is 20.0 Å². The number of fused-ring (bicyclic) bond motifs is 1. The molecule has 0 saturated carbocycles. The van der Waals surface area contributed by atoms with Gasteiger partial charge in [-0.2, -0.15) is 0 Å². The first-order valence-electron chi connectivity index (χ1n) is 6.21. The molecule has 1 heterocycles. The lowest BCUT2D eigenvalue weighted by Gasteiger charge is -2.15. The van der Waals surface area contributed by atoms with Gasteiger partial charge in [0.2, 0.25) is 0 Å². The SMILES string of the molecule is CCOC(C)CNc1ccc2ncccc2c1N.